The highest BCUT2D eigenvalue weighted by atomic mass is 19.1. The molecule has 0 unspecified atom stereocenters. The van der Waals surface area contributed by atoms with E-state index in [1.54, 1.807) is 6.07 Å². The molecule has 19 heavy (non-hydrogen) atoms. The van der Waals surface area contributed by atoms with Crippen molar-refractivity contribution in [2.24, 2.45) is 0 Å². The van der Waals surface area contributed by atoms with Gasteiger partial charge in [0.2, 0.25) is 0 Å². The van der Waals surface area contributed by atoms with Gasteiger partial charge in [0.15, 0.2) is 11.6 Å². The van der Waals surface area contributed by atoms with Crippen LogP contribution in [0.1, 0.15) is 25.3 Å². The zero-order chi connectivity index (χ0) is 13.7. The van der Waals surface area contributed by atoms with Gasteiger partial charge in [0, 0.05) is 11.8 Å². The summed E-state index contributed by atoms with van der Waals surface area (Å²) in [5, 5.41) is 0. The van der Waals surface area contributed by atoms with Crippen molar-refractivity contribution in [1.82, 2.24) is 4.98 Å². The van der Waals surface area contributed by atoms with Gasteiger partial charge in [-0.1, -0.05) is 19.4 Å². The van der Waals surface area contributed by atoms with Gasteiger partial charge in [0.25, 0.3) is 0 Å². The number of nitrogens with zero attached hydrogens (tertiary/aromatic N) is 1. The maximum absolute atomic E-state index is 13.6. The van der Waals surface area contributed by atoms with Gasteiger partial charge in [0.1, 0.15) is 0 Å². The minimum Gasteiger partial charge on any atom is -0.494 e. The smallest absolute Gasteiger partial charge is 0.165 e. The van der Waals surface area contributed by atoms with E-state index in [-0.39, 0.29) is 11.6 Å². The van der Waals surface area contributed by atoms with Crippen LogP contribution in [0.15, 0.2) is 36.5 Å². The minimum atomic E-state index is -0.364. The summed E-state index contributed by atoms with van der Waals surface area (Å²) in [6.45, 7) is 2.17. The maximum atomic E-state index is 13.6. The van der Waals surface area contributed by atoms with Crippen molar-refractivity contribution in [3.05, 3.63) is 47.9 Å². The van der Waals surface area contributed by atoms with Gasteiger partial charge in [-0.25, -0.2) is 4.39 Å². The van der Waals surface area contributed by atoms with Crippen LogP contribution in [-0.2, 0) is 6.42 Å². The summed E-state index contributed by atoms with van der Waals surface area (Å²) in [6.07, 6.45) is 5.25. The summed E-state index contributed by atoms with van der Waals surface area (Å²) >= 11 is 0. The highest BCUT2D eigenvalue weighted by Crippen LogP contribution is 2.24. The first-order chi connectivity index (χ1) is 9.24. The summed E-state index contributed by atoms with van der Waals surface area (Å²) in [6, 6.07) is 8.88. The van der Waals surface area contributed by atoms with Crippen LogP contribution >= 0.6 is 0 Å². The molecule has 0 aliphatic heterocycles. The number of aryl methyl sites for hydroxylation is 1. The van der Waals surface area contributed by atoms with Crippen molar-refractivity contribution in [1.29, 1.82) is 0 Å². The number of halogens is 1. The summed E-state index contributed by atoms with van der Waals surface area (Å²) in [5.41, 5.74) is 2.77. The highest BCUT2D eigenvalue weighted by Gasteiger charge is 2.06. The maximum Gasteiger partial charge on any atom is 0.165 e. The van der Waals surface area contributed by atoms with Crippen LogP contribution in [0.4, 0.5) is 4.39 Å². The van der Waals surface area contributed by atoms with Gasteiger partial charge in [-0.05, 0) is 42.7 Å². The van der Waals surface area contributed by atoms with Crippen molar-refractivity contribution < 1.29 is 9.13 Å². The van der Waals surface area contributed by atoms with Crippen LogP contribution in [0.25, 0.3) is 11.3 Å². The van der Waals surface area contributed by atoms with E-state index in [4.69, 9.17) is 4.74 Å². The number of hydrogen-bond donors (Lipinski definition) is 0. The van der Waals surface area contributed by atoms with Crippen LogP contribution in [0, 0.1) is 5.82 Å². The largest absolute Gasteiger partial charge is 0.494 e. The molecule has 0 saturated heterocycles. The molecule has 0 saturated carbocycles. The van der Waals surface area contributed by atoms with Crippen molar-refractivity contribution in [3.63, 3.8) is 0 Å². The van der Waals surface area contributed by atoms with Crippen molar-refractivity contribution in [2.45, 2.75) is 26.2 Å². The number of aromatic nitrogens is 1. The molecular formula is C16H18FNO. The third kappa shape index (κ3) is 3.31. The Morgan fingerprint density at radius 2 is 2.05 bits per heavy atom. The zero-order valence-electron chi connectivity index (χ0n) is 11.3. The van der Waals surface area contributed by atoms with Crippen LogP contribution in [0.5, 0.6) is 5.75 Å². The topological polar surface area (TPSA) is 22.1 Å². The molecule has 0 N–H and O–H groups in total. The fraction of sp³-hybridized carbons (Fsp3) is 0.312. The second-order valence-corrected chi connectivity index (χ2v) is 4.50. The molecule has 0 spiro atoms. The molecule has 1 heterocycles. The average Bonchev–Trinajstić information content (AvgIpc) is 2.45. The number of benzene rings is 1. The third-order valence-corrected chi connectivity index (χ3v) is 3.09. The SMILES string of the molecule is CCCCc1ccc(-c2ccc(OC)c(F)c2)nc1. The molecule has 2 nitrogen and oxygen atoms in total. The minimum absolute atomic E-state index is 0.253. The second kappa shape index (κ2) is 6.32. The lowest BCUT2D eigenvalue weighted by Gasteiger charge is -2.06. The van der Waals surface area contributed by atoms with E-state index in [1.807, 2.05) is 18.3 Å². The Hall–Kier alpha value is -1.90. The van der Waals surface area contributed by atoms with Crippen LogP contribution in [-0.4, -0.2) is 12.1 Å². The molecule has 3 heteroatoms. The fourth-order valence-electron chi connectivity index (χ4n) is 1.95. The van der Waals surface area contributed by atoms with Gasteiger partial charge >= 0.3 is 0 Å². The molecular weight excluding hydrogens is 241 g/mol. The standard InChI is InChI=1S/C16H18FNO/c1-3-4-5-12-6-8-15(18-11-12)13-7-9-16(19-2)14(17)10-13/h6-11H,3-5H2,1-2H3. The average molecular weight is 259 g/mol. The lowest BCUT2D eigenvalue weighted by atomic mass is 10.1. The third-order valence-electron chi connectivity index (χ3n) is 3.09. The Labute approximate surface area is 113 Å². The summed E-state index contributed by atoms with van der Waals surface area (Å²) in [4.78, 5) is 4.39. The first-order valence-electron chi connectivity index (χ1n) is 6.53. The second-order valence-electron chi connectivity index (χ2n) is 4.50. The monoisotopic (exact) mass is 259 g/mol. The predicted molar refractivity (Wildman–Crippen MR) is 74.8 cm³/mol. The summed E-state index contributed by atoms with van der Waals surface area (Å²) in [7, 11) is 1.46. The molecule has 0 aliphatic carbocycles. The summed E-state index contributed by atoms with van der Waals surface area (Å²) in [5.74, 6) is -0.111. The molecule has 0 aliphatic rings. The van der Waals surface area contributed by atoms with Crippen LogP contribution in [0.2, 0.25) is 0 Å². The van der Waals surface area contributed by atoms with Crippen molar-refractivity contribution in [3.8, 4) is 17.0 Å². The highest BCUT2D eigenvalue weighted by molar-refractivity contribution is 5.60. The Bertz CT molecular complexity index is 537. The van der Waals surface area contributed by atoms with Crippen molar-refractivity contribution in [2.75, 3.05) is 7.11 Å². The molecule has 1 aromatic carbocycles. The first-order valence-corrected chi connectivity index (χ1v) is 6.53. The van der Waals surface area contributed by atoms with Crippen LogP contribution < -0.4 is 4.74 Å². The number of pyridine rings is 1. The number of methoxy groups -OCH3 is 1. The number of hydrogen-bond acceptors (Lipinski definition) is 2. The lowest BCUT2D eigenvalue weighted by Crippen LogP contribution is -1.91. The van der Waals surface area contributed by atoms with Gasteiger partial charge in [-0.15, -0.1) is 0 Å². The van der Waals surface area contributed by atoms with Gasteiger partial charge < -0.3 is 4.74 Å². The molecule has 0 amide bonds. The van der Waals surface area contributed by atoms with Gasteiger partial charge in [-0.3, -0.25) is 4.98 Å². The first kappa shape index (κ1) is 13.5. The van der Waals surface area contributed by atoms with E-state index >= 15 is 0 Å². The lowest BCUT2D eigenvalue weighted by molar-refractivity contribution is 0.386. The molecule has 1 aromatic heterocycles. The fourth-order valence-corrected chi connectivity index (χ4v) is 1.95. The van der Waals surface area contributed by atoms with Gasteiger partial charge in [0.05, 0.1) is 12.8 Å². The number of unbranched alkanes of at least 4 members (excludes halogenated alkanes) is 1. The number of ether oxygens (including phenoxy) is 1. The number of rotatable bonds is 5. The predicted octanol–water partition coefficient (Wildman–Crippen LogP) is 4.24. The Kier molecular flexibility index (Phi) is 4.50. The zero-order valence-corrected chi connectivity index (χ0v) is 11.3. The molecule has 0 atom stereocenters. The Morgan fingerprint density at radius 1 is 1.21 bits per heavy atom. The van der Waals surface area contributed by atoms with E-state index in [2.05, 4.69) is 18.0 Å². The molecule has 0 bridgehead atoms. The molecule has 100 valence electrons. The van der Waals surface area contributed by atoms with Crippen LogP contribution in [0.3, 0.4) is 0 Å². The Morgan fingerprint density at radius 3 is 2.63 bits per heavy atom. The van der Waals surface area contributed by atoms with Crippen molar-refractivity contribution >= 4 is 0 Å². The quantitative estimate of drug-likeness (QED) is 0.801. The van der Waals surface area contributed by atoms with E-state index in [9.17, 15) is 4.39 Å². The molecule has 0 fully saturated rings. The van der Waals surface area contributed by atoms with Gasteiger partial charge in [-0.2, -0.15) is 0 Å². The van der Waals surface area contributed by atoms with E-state index in [1.165, 1.54) is 25.2 Å². The van der Waals surface area contributed by atoms with E-state index < -0.39 is 0 Å². The van der Waals surface area contributed by atoms with E-state index in [0.29, 0.717) is 0 Å². The molecule has 2 aromatic rings. The molecule has 2 rings (SSSR count). The summed E-state index contributed by atoms with van der Waals surface area (Å²) < 4.78 is 18.5. The molecule has 0 radical (unpaired) electrons. The normalized spacial score (nSPS) is 10.5. The Balaban J connectivity index is 2.19. The van der Waals surface area contributed by atoms with E-state index in [0.717, 1.165) is 24.1 Å².